The van der Waals surface area contributed by atoms with Crippen molar-refractivity contribution in [1.82, 2.24) is 19.8 Å². The Kier molecular flexibility index (Phi) is 10.2. The molecule has 10 nitrogen and oxygen atoms in total. The number of carbonyl (C=O) groups excluding carboxylic acids is 1. The van der Waals surface area contributed by atoms with E-state index in [-0.39, 0.29) is 11.5 Å². The van der Waals surface area contributed by atoms with E-state index >= 15 is 0 Å². The zero-order chi connectivity index (χ0) is 28.7. The highest BCUT2D eigenvalue weighted by Gasteiger charge is 2.39. The van der Waals surface area contributed by atoms with Crippen LogP contribution in [0.4, 0.5) is 26.3 Å². The number of rotatable bonds is 3. The van der Waals surface area contributed by atoms with Gasteiger partial charge < -0.3 is 20.1 Å². The highest BCUT2D eigenvalue weighted by molar-refractivity contribution is 5.77. The van der Waals surface area contributed by atoms with Crippen molar-refractivity contribution in [3.8, 4) is 0 Å². The lowest BCUT2D eigenvalue weighted by molar-refractivity contribution is -0.193. The molecule has 2 fully saturated rings. The lowest BCUT2D eigenvalue weighted by atomic mass is 10.1. The Labute approximate surface area is 210 Å². The van der Waals surface area contributed by atoms with Gasteiger partial charge in [0.25, 0.3) is 5.56 Å². The lowest BCUT2D eigenvalue weighted by Gasteiger charge is -2.37. The Hall–Kier alpha value is -3.69. The normalized spacial score (nSPS) is 17.5. The third-order valence-corrected chi connectivity index (χ3v) is 5.67. The van der Waals surface area contributed by atoms with Gasteiger partial charge in [-0.05, 0) is 31.5 Å². The summed E-state index contributed by atoms with van der Waals surface area (Å²) in [6, 6.07) is 8.00. The molecule has 2 saturated heterocycles. The van der Waals surface area contributed by atoms with E-state index in [4.69, 9.17) is 19.8 Å². The van der Waals surface area contributed by atoms with E-state index in [0.29, 0.717) is 24.6 Å². The van der Waals surface area contributed by atoms with Gasteiger partial charge in [-0.15, -0.1) is 0 Å². The standard InChI is InChI=1S/C18H22N4O2.2C2HF3O2/c23-17(22-11-10-21-9-3-4-13(21)12-22)8-7-16-18(24)20-15-6-2-1-5-14(15)19-16;2*3-2(4,5)1(6)7/h1-2,5-6,13H,3-4,7-12H2,(H,20,24);2*(H,6,7). The quantitative estimate of drug-likeness (QED) is 0.491. The zero-order valence-corrected chi connectivity index (χ0v) is 19.7. The van der Waals surface area contributed by atoms with Gasteiger partial charge in [-0.25, -0.2) is 14.6 Å². The van der Waals surface area contributed by atoms with Crippen molar-refractivity contribution < 1.29 is 50.9 Å². The number of alkyl halides is 6. The van der Waals surface area contributed by atoms with E-state index in [1.165, 1.54) is 19.4 Å². The van der Waals surface area contributed by atoms with Crippen molar-refractivity contribution in [2.45, 2.75) is 44.1 Å². The van der Waals surface area contributed by atoms with Gasteiger partial charge in [-0.3, -0.25) is 14.5 Å². The topological polar surface area (TPSA) is 144 Å². The number of hydrogen-bond donors (Lipinski definition) is 3. The van der Waals surface area contributed by atoms with E-state index in [1.807, 2.05) is 29.2 Å². The fourth-order valence-electron chi connectivity index (χ4n) is 3.84. The number of aliphatic carboxylic acids is 2. The molecule has 1 aromatic heterocycles. The van der Waals surface area contributed by atoms with Gasteiger partial charge in [-0.2, -0.15) is 26.3 Å². The maximum Gasteiger partial charge on any atom is 0.490 e. The number of nitrogens with zero attached hydrogens (tertiary/aromatic N) is 3. The molecule has 1 unspecified atom stereocenters. The Bertz CT molecular complexity index is 1180. The number of para-hydroxylation sites is 2. The van der Waals surface area contributed by atoms with E-state index in [9.17, 15) is 35.9 Å². The van der Waals surface area contributed by atoms with Crippen LogP contribution in [0.15, 0.2) is 29.1 Å². The number of aromatic nitrogens is 2. The van der Waals surface area contributed by atoms with Crippen molar-refractivity contribution >= 4 is 28.9 Å². The summed E-state index contributed by atoms with van der Waals surface area (Å²) in [5.41, 5.74) is 1.75. The first-order chi connectivity index (χ1) is 17.6. The molecule has 210 valence electrons. The fourth-order valence-corrected chi connectivity index (χ4v) is 3.84. The molecule has 1 atom stereocenters. The summed E-state index contributed by atoms with van der Waals surface area (Å²) in [6.07, 6.45) is -7.00. The van der Waals surface area contributed by atoms with Crippen LogP contribution >= 0.6 is 0 Å². The maximum atomic E-state index is 12.5. The number of amides is 1. The Morgan fingerprint density at radius 2 is 1.55 bits per heavy atom. The first-order valence-electron chi connectivity index (χ1n) is 11.2. The monoisotopic (exact) mass is 554 g/mol. The third kappa shape index (κ3) is 9.00. The summed E-state index contributed by atoms with van der Waals surface area (Å²) in [4.78, 5) is 54.1. The summed E-state index contributed by atoms with van der Waals surface area (Å²) in [5.74, 6) is -5.38. The molecule has 1 aromatic carbocycles. The smallest absolute Gasteiger partial charge is 0.475 e. The second-order valence-corrected chi connectivity index (χ2v) is 8.31. The second kappa shape index (κ2) is 12.7. The second-order valence-electron chi connectivity index (χ2n) is 8.31. The molecule has 3 heterocycles. The molecule has 0 radical (unpaired) electrons. The minimum atomic E-state index is -5.08. The van der Waals surface area contributed by atoms with Crippen LogP contribution in [-0.4, -0.2) is 92.4 Å². The predicted octanol–water partition coefficient (Wildman–Crippen LogP) is 2.43. The number of carboxylic acid groups (broad SMARTS) is 2. The average molecular weight is 554 g/mol. The van der Waals surface area contributed by atoms with Crippen molar-refractivity contribution in [2.24, 2.45) is 0 Å². The number of benzene rings is 1. The molecule has 2 aliphatic heterocycles. The molecule has 2 aromatic rings. The van der Waals surface area contributed by atoms with E-state index in [0.717, 1.165) is 30.7 Å². The number of fused-ring (bicyclic) bond motifs is 2. The SMILES string of the molecule is O=C(CCc1nc2ccccc2[nH]c1=O)N1CCN2CCCC2C1.O=C(O)C(F)(F)F.O=C(O)C(F)(F)F. The van der Waals surface area contributed by atoms with Crippen LogP contribution in [0.3, 0.4) is 0 Å². The van der Waals surface area contributed by atoms with Crippen molar-refractivity contribution in [2.75, 3.05) is 26.2 Å². The van der Waals surface area contributed by atoms with E-state index in [1.54, 1.807) is 0 Å². The lowest BCUT2D eigenvalue weighted by Crippen LogP contribution is -2.52. The van der Waals surface area contributed by atoms with Gasteiger partial charge in [0.2, 0.25) is 5.91 Å². The average Bonchev–Trinajstić information content (AvgIpc) is 3.30. The molecule has 1 amide bonds. The number of nitrogens with one attached hydrogen (secondary N) is 1. The number of piperazine rings is 1. The summed E-state index contributed by atoms with van der Waals surface area (Å²) < 4.78 is 63.5. The van der Waals surface area contributed by atoms with E-state index in [2.05, 4.69) is 14.9 Å². The van der Waals surface area contributed by atoms with Crippen LogP contribution in [0.2, 0.25) is 0 Å². The van der Waals surface area contributed by atoms with Crippen LogP contribution in [0.25, 0.3) is 11.0 Å². The highest BCUT2D eigenvalue weighted by Crippen LogP contribution is 2.22. The Morgan fingerprint density at radius 3 is 2.13 bits per heavy atom. The van der Waals surface area contributed by atoms with E-state index < -0.39 is 24.3 Å². The van der Waals surface area contributed by atoms with Crippen LogP contribution < -0.4 is 5.56 Å². The first-order valence-corrected chi connectivity index (χ1v) is 11.2. The van der Waals surface area contributed by atoms with Crippen LogP contribution in [-0.2, 0) is 20.8 Å². The number of halogens is 6. The number of carbonyl (C=O) groups is 3. The van der Waals surface area contributed by atoms with Crippen LogP contribution in [0, 0.1) is 0 Å². The minimum Gasteiger partial charge on any atom is -0.475 e. The van der Waals surface area contributed by atoms with Crippen LogP contribution in [0.5, 0.6) is 0 Å². The molecule has 2 aliphatic rings. The highest BCUT2D eigenvalue weighted by atomic mass is 19.4. The molecule has 16 heteroatoms. The van der Waals surface area contributed by atoms with Gasteiger partial charge in [0, 0.05) is 38.5 Å². The van der Waals surface area contributed by atoms with Gasteiger partial charge in [0.15, 0.2) is 0 Å². The Morgan fingerprint density at radius 1 is 0.974 bits per heavy atom. The number of aromatic amines is 1. The predicted molar refractivity (Wildman–Crippen MR) is 119 cm³/mol. The fraction of sp³-hybridized carbons (Fsp3) is 0.500. The molecular weight excluding hydrogens is 530 g/mol. The van der Waals surface area contributed by atoms with Gasteiger partial charge in [-0.1, -0.05) is 12.1 Å². The van der Waals surface area contributed by atoms with Crippen molar-refractivity contribution in [3.63, 3.8) is 0 Å². The molecule has 0 saturated carbocycles. The zero-order valence-electron chi connectivity index (χ0n) is 19.7. The summed E-state index contributed by atoms with van der Waals surface area (Å²) in [6.45, 7) is 3.78. The molecule has 38 heavy (non-hydrogen) atoms. The molecule has 3 N–H and O–H groups in total. The number of aryl methyl sites for hydroxylation is 1. The summed E-state index contributed by atoms with van der Waals surface area (Å²) in [5, 5.41) is 14.2. The van der Waals surface area contributed by atoms with Crippen molar-refractivity contribution in [1.29, 1.82) is 0 Å². The summed E-state index contributed by atoms with van der Waals surface area (Å²) in [7, 11) is 0. The molecular formula is C22H24F6N4O6. The molecule has 0 bridgehead atoms. The minimum absolute atomic E-state index is 0.135. The number of hydrogen-bond acceptors (Lipinski definition) is 6. The van der Waals surface area contributed by atoms with Gasteiger partial charge in [0.05, 0.1) is 11.0 Å². The number of carboxylic acids is 2. The van der Waals surface area contributed by atoms with Crippen molar-refractivity contribution in [3.05, 3.63) is 40.3 Å². The number of H-pyrrole nitrogens is 1. The van der Waals surface area contributed by atoms with Gasteiger partial charge in [0.1, 0.15) is 5.69 Å². The summed E-state index contributed by atoms with van der Waals surface area (Å²) >= 11 is 0. The largest absolute Gasteiger partial charge is 0.490 e. The maximum absolute atomic E-state index is 12.5. The van der Waals surface area contributed by atoms with Crippen LogP contribution in [0.1, 0.15) is 25.0 Å². The molecule has 0 spiro atoms. The molecule has 4 rings (SSSR count). The first kappa shape index (κ1) is 30.5. The van der Waals surface area contributed by atoms with Gasteiger partial charge >= 0.3 is 24.3 Å². The molecule has 0 aliphatic carbocycles. The Balaban J connectivity index is 0.000000301. The third-order valence-electron chi connectivity index (χ3n) is 5.67.